The van der Waals surface area contributed by atoms with Gasteiger partial charge in [-0.2, -0.15) is 0 Å². The largest absolute Gasteiger partial charge is 0.394 e. The number of hydrogen-bond acceptors (Lipinski definition) is 9. The minimum absolute atomic E-state index is 0.510. The Morgan fingerprint density at radius 3 is 1.35 bits per heavy atom. The molecule has 2 aliphatic rings. The summed E-state index contributed by atoms with van der Waals surface area (Å²) in [4.78, 5) is 0. The molecule has 0 aromatic heterocycles. The summed E-state index contributed by atoms with van der Waals surface area (Å²) in [5.41, 5.74) is 7.22. The summed E-state index contributed by atoms with van der Waals surface area (Å²) >= 11 is 0. The Labute approximate surface area is 132 Å². The van der Waals surface area contributed by atoms with E-state index >= 15 is 0 Å². The van der Waals surface area contributed by atoms with Gasteiger partial charge in [0.05, 0.1) is 13.2 Å². The molecule has 0 aliphatic carbocycles. The minimum Gasteiger partial charge on any atom is -0.394 e. The maximum absolute atomic E-state index is 10.1. The molecule has 0 amide bonds. The van der Waals surface area contributed by atoms with Gasteiger partial charge in [-0.25, -0.2) is 0 Å². The number of hydrogen-bond donors (Lipinski definition) is 8. The lowest BCUT2D eigenvalue weighted by Gasteiger charge is -2.43. The normalized spacial score (nSPS) is 51.7. The summed E-state index contributed by atoms with van der Waals surface area (Å²) in [5.74, 6) is 0. The highest BCUT2D eigenvalue weighted by Crippen LogP contribution is 2.26. The van der Waals surface area contributed by atoms with Crippen LogP contribution in [0, 0.1) is 0 Å². The fourth-order valence-corrected chi connectivity index (χ4v) is 2.69. The van der Waals surface area contributed by atoms with Gasteiger partial charge in [0.15, 0.2) is 24.8 Å². The Morgan fingerprint density at radius 2 is 1.04 bits per heavy atom. The van der Waals surface area contributed by atoms with Crippen LogP contribution in [0.1, 0.15) is 0 Å². The molecule has 2 saturated heterocycles. The van der Waals surface area contributed by atoms with Gasteiger partial charge in [0.2, 0.25) is 0 Å². The molecule has 0 unspecified atom stereocenters. The summed E-state index contributed by atoms with van der Waals surface area (Å²) in [6, 6.07) is -1.78. The maximum atomic E-state index is 10.1. The first-order valence-corrected chi connectivity index (χ1v) is 7.38. The van der Waals surface area contributed by atoms with Gasteiger partial charge in [-0.05, 0) is 0 Å². The molecule has 0 aromatic rings. The Hall–Kier alpha value is -0.440. The first-order valence-electron chi connectivity index (χ1n) is 7.38. The number of aliphatic hydroxyl groups is 6. The first kappa shape index (κ1) is 18.9. The Bertz CT molecular complexity index is 352. The second-order valence-electron chi connectivity index (χ2n) is 5.88. The van der Waals surface area contributed by atoms with E-state index in [1.807, 2.05) is 0 Å². The molecule has 10 atom stereocenters. The van der Waals surface area contributed by atoms with E-state index in [9.17, 15) is 30.6 Å². The molecule has 23 heavy (non-hydrogen) atoms. The van der Waals surface area contributed by atoms with Crippen LogP contribution in [0.25, 0.3) is 0 Å². The third-order valence-corrected chi connectivity index (χ3v) is 4.32. The summed E-state index contributed by atoms with van der Waals surface area (Å²) in [5, 5.41) is 58.2. The van der Waals surface area contributed by atoms with Gasteiger partial charge in [-0.1, -0.05) is 0 Å². The monoisotopic (exact) mass is 342 g/mol. The van der Waals surface area contributed by atoms with E-state index in [4.69, 9.17) is 14.2 Å². The van der Waals surface area contributed by atoms with Crippen LogP contribution in [0.15, 0.2) is 0 Å². The number of aliphatic hydroxyl groups excluding tert-OH is 6. The van der Waals surface area contributed by atoms with Crippen LogP contribution in [-0.2, 0) is 14.2 Å². The molecule has 12 N–H and O–H groups in total. The van der Waals surface area contributed by atoms with Gasteiger partial charge in [-0.15, -0.1) is 0 Å². The molecule has 2 aliphatic heterocycles. The van der Waals surface area contributed by atoms with E-state index in [0.717, 1.165) is 0 Å². The van der Waals surface area contributed by atoms with Crippen molar-refractivity contribution in [3.05, 3.63) is 0 Å². The lowest BCUT2D eigenvalue weighted by atomic mass is 9.96. The summed E-state index contributed by atoms with van der Waals surface area (Å²) < 4.78 is 15.9. The van der Waals surface area contributed by atoms with E-state index in [1.54, 1.807) is 0 Å². The predicted octanol–water partition coefficient (Wildman–Crippen LogP) is -6.90. The zero-order valence-corrected chi connectivity index (χ0v) is 12.5. The third-order valence-electron chi connectivity index (χ3n) is 4.32. The standard InChI is InChI=1S/C12H24N2O9/c13-5-7(17)3(1-15)21-11(9(5)19)23-12-10(20)6(14)8(18)4(2-16)22-12/h3-12,15-20H,1-2,13-14H2/p+2/t3-,4-,5+,6+,7-,8-,9-,10-,11-,12+/m1/s1. The molecule has 2 heterocycles. The number of ether oxygens (including phenoxy) is 3. The second kappa shape index (κ2) is 7.63. The molecule has 0 aromatic carbocycles. The van der Waals surface area contributed by atoms with Crippen molar-refractivity contribution >= 4 is 0 Å². The molecule has 2 fully saturated rings. The highest BCUT2D eigenvalue weighted by molar-refractivity contribution is 4.91. The minimum atomic E-state index is -1.33. The number of quaternary nitrogens is 2. The van der Waals surface area contributed by atoms with Crippen molar-refractivity contribution in [2.75, 3.05) is 13.2 Å². The summed E-state index contributed by atoms with van der Waals surface area (Å²) in [6.07, 6.45) is -9.68. The molecule has 0 spiro atoms. The quantitative estimate of drug-likeness (QED) is 0.244. The average molecular weight is 342 g/mol. The van der Waals surface area contributed by atoms with Crippen LogP contribution in [0.2, 0.25) is 0 Å². The van der Waals surface area contributed by atoms with Gasteiger partial charge < -0.3 is 56.3 Å². The zero-order valence-electron chi connectivity index (χ0n) is 12.5. The summed E-state index contributed by atoms with van der Waals surface area (Å²) in [6.45, 7) is -1.02. The van der Waals surface area contributed by atoms with Crippen LogP contribution >= 0.6 is 0 Å². The predicted molar refractivity (Wildman–Crippen MR) is 70.0 cm³/mol. The zero-order chi connectivity index (χ0) is 17.3. The van der Waals surface area contributed by atoms with Crippen molar-refractivity contribution in [2.45, 2.75) is 61.3 Å². The third kappa shape index (κ3) is 3.65. The van der Waals surface area contributed by atoms with Crippen molar-refractivity contribution in [3.8, 4) is 0 Å². The van der Waals surface area contributed by atoms with E-state index in [-0.39, 0.29) is 0 Å². The molecule has 0 radical (unpaired) electrons. The highest BCUT2D eigenvalue weighted by Gasteiger charge is 2.50. The smallest absolute Gasteiger partial charge is 0.193 e. The molecule has 11 nitrogen and oxygen atoms in total. The van der Waals surface area contributed by atoms with Crippen molar-refractivity contribution < 1.29 is 56.3 Å². The van der Waals surface area contributed by atoms with Gasteiger partial charge in [0.25, 0.3) is 0 Å². The van der Waals surface area contributed by atoms with Gasteiger partial charge in [0.1, 0.15) is 36.5 Å². The molecule has 2 rings (SSSR count). The Morgan fingerprint density at radius 1 is 0.696 bits per heavy atom. The Kier molecular flexibility index (Phi) is 6.27. The molecule has 136 valence electrons. The van der Waals surface area contributed by atoms with Gasteiger partial charge in [-0.3, -0.25) is 0 Å². The van der Waals surface area contributed by atoms with Crippen LogP contribution in [0.4, 0.5) is 0 Å². The lowest BCUT2D eigenvalue weighted by Crippen LogP contribution is -2.80. The Balaban J connectivity index is 2.07. The van der Waals surface area contributed by atoms with Crippen molar-refractivity contribution in [3.63, 3.8) is 0 Å². The van der Waals surface area contributed by atoms with Crippen molar-refractivity contribution in [1.82, 2.24) is 0 Å². The van der Waals surface area contributed by atoms with E-state index < -0.39 is 74.5 Å². The maximum Gasteiger partial charge on any atom is 0.193 e. The van der Waals surface area contributed by atoms with Gasteiger partial charge in [0, 0.05) is 0 Å². The van der Waals surface area contributed by atoms with Crippen LogP contribution in [0.5, 0.6) is 0 Å². The molecular weight excluding hydrogens is 316 g/mol. The topological polar surface area (TPSA) is 204 Å². The second-order valence-corrected chi connectivity index (χ2v) is 5.88. The molecule has 0 bridgehead atoms. The fraction of sp³-hybridized carbons (Fsp3) is 1.00. The van der Waals surface area contributed by atoms with E-state index in [0.29, 0.717) is 0 Å². The molecular formula is C12H26N2O9+2. The fourth-order valence-electron chi connectivity index (χ4n) is 2.69. The SMILES string of the molecule is [NH3+][C@@H]1[C@@H](O)[C@H](O[C@H]2O[C@H](CO)[C@@H](O)[C@H]([NH3+])[C@H]2O)O[C@H](CO)[C@H]1O. The summed E-state index contributed by atoms with van der Waals surface area (Å²) in [7, 11) is 0. The van der Waals surface area contributed by atoms with Crippen LogP contribution < -0.4 is 11.5 Å². The number of rotatable bonds is 4. The average Bonchev–Trinajstić information content (AvgIpc) is 2.55. The highest BCUT2D eigenvalue weighted by atomic mass is 16.8. The van der Waals surface area contributed by atoms with E-state index in [1.165, 1.54) is 0 Å². The first-order chi connectivity index (χ1) is 10.8. The van der Waals surface area contributed by atoms with Gasteiger partial charge >= 0.3 is 0 Å². The van der Waals surface area contributed by atoms with Crippen LogP contribution in [-0.4, -0.2) is 105 Å². The van der Waals surface area contributed by atoms with Crippen molar-refractivity contribution in [2.24, 2.45) is 0 Å². The van der Waals surface area contributed by atoms with E-state index in [2.05, 4.69) is 11.5 Å². The van der Waals surface area contributed by atoms with Crippen molar-refractivity contribution in [1.29, 1.82) is 0 Å². The van der Waals surface area contributed by atoms with Crippen LogP contribution in [0.3, 0.4) is 0 Å². The lowest BCUT2D eigenvalue weighted by molar-refractivity contribution is -0.510. The molecule has 11 heteroatoms. The molecule has 0 saturated carbocycles.